The summed E-state index contributed by atoms with van der Waals surface area (Å²) in [6.45, 7) is 4.40. The van der Waals surface area contributed by atoms with Gasteiger partial charge in [-0.15, -0.1) is 11.3 Å². The number of carbonyl (C=O) groups excluding carboxylic acids is 1. The SMILES string of the molecule is CCCn1nc(C(=O)N/N=C/c2sccc2C)c2ccccc2c1=O. The predicted molar refractivity (Wildman–Crippen MR) is 100 cm³/mol. The van der Waals surface area contributed by atoms with Gasteiger partial charge in [-0.25, -0.2) is 10.1 Å². The van der Waals surface area contributed by atoms with Crippen molar-refractivity contribution in [3.8, 4) is 0 Å². The first-order valence-electron chi connectivity index (χ1n) is 7.99. The van der Waals surface area contributed by atoms with E-state index in [-0.39, 0.29) is 11.3 Å². The van der Waals surface area contributed by atoms with Crippen LogP contribution in [-0.2, 0) is 6.54 Å². The number of fused-ring (bicyclic) bond motifs is 1. The first-order valence-corrected chi connectivity index (χ1v) is 8.87. The first-order chi connectivity index (χ1) is 12.1. The maximum Gasteiger partial charge on any atom is 0.292 e. The average molecular weight is 354 g/mol. The number of nitrogens with one attached hydrogen (secondary N) is 1. The maximum absolute atomic E-state index is 12.5. The Bertz CT molecular complexity index is 1000. The van der Waals surface area contributed by atoms with Crippen molar-refractivity contribution < 1.29 is 4.79 Å². The highest BCUT2D eigenvalue weighted by molar-refractivity contribution is 7.11. The fourth-order valence-corrected chi connectivity index (χ4v) is 3.27. The number of aromatic nitrogens is 2. The van der Waals surface area contributed by atoms with Crippen molar-refractivity contribution >= 4 is 34.2 Å². The summed E-state index contributed by atoms with van der Waals surface area (Å²) in [7, 11) is 0. The van der Waals surface area contributed by atoms with Crippen molar-refractivity contribution in [2.45, 2.75) is 26.8 Å². The molecule has 0 aliphatic rings. The van der Waals surface area contributed by atoms with E-state index in [1.807, 2.05) is 25.3 Å². The Morgan fingerprint density at radius 2 is 2.08 bits per heavy atom. The smallest absolute Gasteiger partial charge is 0.267 e. The van der Waals surface area contributed by atoms with Gasteiger partial charge in [0.25, 0.3) is 11.5 Å². The summed E-state index contributed by atoms with van der Waals surface area (Å²) in [4.78, 5) is 26.0. The number of thiophene rings is 1. The third-order valence-corrected chi connectivity index (χ3v) is 4.72. The summed E-state index contributed by atoms with van der Waals surface area (Å²) in [6.07, 6.45) is 2.37. The number of hydrogen-bond donors (Lipinski definition) is 1. The summed E-state index contributed by atoms with van der Waals surface area (Å²) in [5, 5.41) is 11.2. The first kappa shape index (κ1) is 17.0. The van der Waals surface area contributed by atoms with Crippen LogP contribution in [0.3, 0.4) is 0 Å². The lowest BCUT2D eigenvalue weighted by molar-refractivity contribution is 0.0949. The van der Waals surface area contributed by atoms with Gasteiger partial charge >= 0.3 is 0 Å². The van der Waals surface area contributed by atoms with Crippen LogP contribution in [0.2, 0.25) is 0 Å². The van der Waals surface area contributed by atoms with Gasteiger partial charge in [0, 0.05) is 16.8 Å². The third kappa shape index (κ3) is 3.51. The second kappa shape index (κ2) is 7.40. The molecule has 3 aromatic rings. The van der Waals surface area contributed by atoms with Crippen molar-refractivity contribution in [3.05, 3.63) is 62.2 Å². The van der Waals surface area contributed by atoms with Gasteiger partial charge in [0.1, 0.15) is 0 Å². The molecular weight excluding hydrogens is 336 g/mol. The van der Waals surface area contributed by atoms with E-state index in [0.717, 1.165) is 16.9 Å². The van der Waals surface area contributed by atoms with E-state index in [4.69, 9.17) is 0 Å². The van der Waals surface area contributed by atoms with E-state index in [1.165, 1.54) is 4.68 Å². The molecule has 0 fully saturated rings. The van der Waals surface area contributed by atoms with E-state index in [1.54, 1.807) is 41.8 Å². The number of rotatable bonds is 5. The Hall–Kier alpha value is -2.80. The summed E-state index contributed by atoms with van der Waals surface area (Å²) < 4.78 is 1.34. The van der Waals surface area contributed by atoms with Crippen LogP contribution in [0.5, 0.6) is 0 Å². The summed E-state index contributed by atoms with van der Waals surface area (Å²) in [5.74, 6) is -0.438. The van der Waals surface area contributed by atoms with Gasteiger partial charge in [0.2, 0.25) is 0 Å². The third-order valence-electron chi connectivity index (χ3n) is 3.77. The van der Waals surface area contributed by atoms with Crippen LogP contribution < -0.4 is 11.0 Å². The molecule has 0 radical (unpaired) electrons. The summed E-state index contributed by atoms with van der Waals surface area (Å²) in [5.41, 5.74) is 3.61. The van der Waals surface area contributed by atoms with Crippen molar-refractivity contribution in [3.63, 3.8) is 0 Å². The molecule has 0 spiro atoms. The van der Waals surface area contributed by atoms with E-state index in [0.29, 0.717) is 17.3 Å². The molecule has 1 N–H and O–H groups in total. The molecule has 0 saturated heterocycles. The molecule has 25 heavy (non-hydrogen) atoms. The van der Waals surface area contributed by atoms with E-state index >= 15 is 0 Å². The standard InChI is InChI=1S/C18H18N4O2S/c1-3-9-22-18(24)14-7-5-4-6-13(14)16(21-22)17(23)20-19-11-15-12(2)8-10-25-15/h4-8,10-11H,3,9H2,1-2H3,(H,20,23)/b19-11+. The van der Waals surface area contributed by atoms with Crippen molar-refractivity contribution in [2.75, 3.05) is 0 Å². The van der Waals surface area contributed by atoms with Crippen LogP contribution in [0.4, 0.5) is 0 Å². The van der Waals surface area contributed by atoms with Crippen molar-refractivity contribution in [1.82, 2.24) is 15.2 Å². The Morgan fingerprint density at radius 1 is 1.32 bits per heavy atom. The van der Waals surface area contributed by atoms with Crippen LogP contribution >= 0.6 is 11.3 Å². The molecule has 128 valence electrons. The number of hydrogen-bond acceptors (Lipinski definition) is 5. The monoisotopic (exact) mass is 354 g/mol. The molecule has 0 aliphatic carbocycles. The van der Waals surface area contributed by atoms with E-state index in [9.17, 15) is 9.59 Å². The van der Waals surface area contributed by atoms with Gasteiger partial charge in [-0.3, -0.25) is 9.59 Å². The predicted octanol–water partition coefficient (Wildman–Crippen LogP) is 2.94. The topological polar surface area (TPSA) is 76.3 Å². The van der Waals surface area contributed by atoms with Gasteiger partial charge in [0.05, 0.1) is 11.6 Å². The fraction of sp³-hybridized carbons (Fsp3) is 0.222. The molecular formula is C18H18N4O2S. The molecule has 1 amide bonds. The molecule has 1 aromatic carbocycles. The van der Waals surface area contributed by atoms with Gasteiger partial charge in [-0.1, -0.05) is 25.1 Å². The molecule has 2 heterocycles. The molecule has 0 atom stereocenters. The molecule has 7 heteroatoms. The van der Waals surface area contributed by atoms with E-state index in [2.05, 4.69) is 15.6 Å². The van der Waals surface area contributed by atoms with Crippen molar-refractivity contribution in [2.24, 2.45) is 5.10 Å². The zero-order chi connectivity index (χ0) is 17.8. The molecule has 3 rings (SSSR count). The average Bonchev–Trinajstić information content (AvgIpc) is 3.02. The highest BCUT2D eigenvalue weighted by Crippen LogP contribution is 2.14. The lowest BCUT2D eigenvalue weighted by atomic mass is 10.1. The zero-order valence-electron chi connectivity index (χ0n) is 14.0. The molecule has 6 nitrogen and oxygen atoms in total. The lowest BCUT2D eigenvalue weighted by Gasteiger charge is -2.09. The highest BCUT2D eigenvalue weighted by Gasteiger charge is 2.16. The number of carbonyl (C=O) groups is 1. The van der Waals surface area contributed by atoms with Gasteiger partial charge < -0.3 is 0 Å². The fourth-order valence-electron chi connectivity index (χ4n) is 2.49. The minimum absolute atomic E-state index is 0.188. The molecule has 0 bridgehead atoms. The van der Waals surface area contributed by atoms with Crippen LogP contribution in [0, 0.1) is 6.92 Å². The quantitative estimate of drug-likeness (QED) is 0.565. The maximum atomic E-state index is 12.5. The van der Waals surface area contributed by atoms with Gasteiger partial charge in [0.15, 0.2) is 5.69 Å². The van der Waals surface area contributed by atoms with Gasteiger partial charge in [-0.2, -0.15) is 10.2 Å². The number of amides is 1. The molecule has 0 saturated carbocycles. The largest absolute Gasteiger partial charge is 0.292 e. The van der Waals surface area contributed by atoms with Crippen LogP contribution in [0.15, 0.2) is 45.6 Å². The Kier molecular flexibility index (Phi) is 5.04. The minimum Gasteiger partial charge on any atom is -0.267 e. The Balaban J connectivity index is 1.95. The van der Waals surface area contributed by atoms with Crippen LogP contribution in [0.25, 0.3) is 10.8 Å². The Morgan fingerprint density at radius 3 is 2.76 bits per heavy atom. The summed E-state index contributed by atoms with van der Waals surface area (Å²) >= 11 is 1.55. The van der Waals surface area contributed by atoms with Gasteiger partial charge in [-0.05, 0) is 36.4 Å². The highest BCUT2D eigenvalue weighted by atomic mass is 32.1. The number of benzene rings is 1. The zero-order valence-corrected chi connectivity index (χ0v) is 14.8. The normalized spacial score (nSPS) is 11.3. The summed E-state index contributed by atoms with van der Waals surface area (Å²) in [6, 6.07) is 8.98. The molecule has 0 aliphatic heterocycles. The number of hydrazone groups is 1. The number of aryl methyl sites for hydroxylation is 2. The van der Waals surface area contributed by atoms with E-state index < -0.39 is 5.91 Å². The molecule has 2 aromatic heterocycles. The Labute approximate surface area is 148 Å². The molecule has 0 unspecified atom stereocenters. The van der Waals surface area contributed by atoms with Crippen LogP contribution in [0.1, 0.15) is 34.3 Å². The second-order valence-corrected chi connectivity index (χ2v) is 6.54. The van der Waals surface area contributed by atoms with Crippen LogP contribution in [-0.4, -0.2) is 21.9 Å². The number of nitrogens with zero attached hydrogens (tertiary/aromatic N) is 3. The minimum atomic E-state index is -0.438. The lowest BCUT2D eigenvalue weighted by Crippen LogP contribution is -2.29. The van der Waals surface area contributed by atoms with Crippen molar-refractivity contribution in [1.29, 1.82) is 0 Å². The second-order valence-electron chi connectivity index (χ2n) is 5.59.